The second kappa shape index (κ2) is 13.3. The summed E-state index contributed by atoms with van der Waals surface area (Å²) < 4.78 is 5.57. The number of ether oxygens (including phenoxy) is 1. The molecule has 0 bridgehead atoms. The van der Waals surface area contributed by atoms with Gasteiger partial charge < -0.3 is 9.84 Å². The van der Waals surface area contributed by atoms with Gasteiger partial charge in [-0.15, -0.1) is 0 Å². The molecule has 142 valence electrons. The average molecular weight is 343 g/mol. The average Bonchev–Trinajstić information content (AvgIpc) is 2.49. The normalized spacial score (nSPS) is 12.8. The number of hydrogen-bond acceptors (Lipinski definition) is 3. The van der Waals surface area contributed by atoms with Gasteiger partial charge in [0.2, 0.25) is 0 Å². The summed E-state index contributed by atoms with van der Waals surface area (Å²) in [6.45, 7) is 8.02. The number of unbranched alkanes of at least 4 members (excludes halogenated alkanes) is 6. The summed E-state index contributed by atoms with van der Waals surface area (Å²) in [5, 5.41) is 9.00. The number of rotatable bonds is 15. The van der Waals surface area contributed by atoms with Crippen molar-refractivity contribution in [1.82, 2.24) is 0 Å². The highest BCUT2D eigenvalue weighted by molar-refractivity contribution is 5.71. The Labute approximate surface area is 148 Å². The summed E-state index contributed by atoms with van der Waals surface area (Å²) in [5.41, 5.74) is -0.419. The quantitative estimate of drug-likeness (QED) is 0.305. The third kappa shape index (κ3) is 12.4. The van der Waals surface area contributed by atoms with Crippen molar-refractivity contribution >= 4 is 11.9 Å². The molecule has 4 nitrogen and oxygen atoms in total. The lowest BCUT2D eigenvalue weighted by atomic mass is 9.98. The Kier molecular flexibility index (Phi) is 12.7. The lowest BCUT2D eigenvalue weighted by molar-refractivity contribution is -0.157. The number of carbonyl (C=O) groups excluding carboxylic acids is 1. The van der Waals surface area contributed by atoms with E-state index in [2.05, 4.69) is 6.92 Å². The van der Waals surface area contributed by atoms with E-state index in [9.17, 15) is 9.59 Å². The van der Waals surface area contributed by atoms with Crippen molar-refractivity contribution in [1.29, 1.82) is 0 Å². The van der Waals surface area contributed by atoms with E-state index < -0.39 is 11.6 Å². The molecule has 0 saturated heterocycles. The fourth-order valence-electron chi connectivity index (χ4n) is 2.91. The number of carboxylic acids is 1. The van der Waals surface area contributed by atoms with E-state index in [-0.39, 0.29) is 11.9 Å². The molecule has 0 saturated carbocycles. The van der Waals surface area contributed by atoms with E-state index in [1.54, 1.807) is 0 Å². The number of hydrogen-bond donors (Lipinski definition) is 1. The Hall–Kier alpha value is -1.06. The third-order valence-electron chi connectivity index (χ3n) is 4.55. The molecule has 1 atom stereocenters. The number of carbonyl (C=O) groups is 2. The van der Waals surface area contributed by atoms with Gasteiger partial charge in [-0.3, -0.25) is 9.59 Å². The van der Waals surface area contributed by atoms with Gasteiger partial charge in [0, 0.05) is 6.42 Å². The molecule has 0 spiro atoms. The smallest absolute Gasteiger partial charge is 0.306 e. The molecule has 0 aromatic carbocycles. The van der Waals surface area contributed by atoms with E-state index in [4.69, 9.17) is 9.84 Å². The van der Waals surface area contributed by atoms with Crippen LogP contribution in [0, 0.1) is 5.92 Å². The van der Waals surface area contributed by atoms with Crippen LogP contribution in [0.15, 0.2) is 0 Å². The van der Waals surface area contributed by atoms with E-state index in [0.29, 0.717) is 25.7 Å². The van der Waals surface area contributed by atoms with Crippen molar-refractivity contribution < 1.29 is 19.4 Å². The molecular formula is C20H38O4. The van der Waals surface area contributed by atoms with Crippen LogP contribution >= 0.6 is 0 Å². The molecule has 0 radical (unpaired) electrons. The highest BCUT2D eigenvalue weighted by Gasteiger charge is 2.22. The van der Waals surface area contributed by atoms with Crippen molar-refractivity contribution in [3.63, 3.8) is 0 Å². The monoisotopic (exact) mass is 342 g/mol. The largest absolute Gasteiger partial charge is 0.481 e. The Morgan fingerprint density at radius 3 is 2.08 bits per heavy atom. The molecule has 1 N–H and O–H groups in total. The fourth-order valence-corrected chi connectivity index (χ4v) is 2.91. The topological polar surface area (TPSA) is 63.6 Å². The second-order valence-corrected chi connectivity index (χ2v) is 7.44. The minimum Gasteiger partial charge on any atom is -0.481 e. The minimum atomic E-state index is -0.773. The number of aliphatic carboxylic acids is 1. The molecule has 0 aromatic rings. The summed E-state index contributed by atoms with van der Waals surface area (Å²) >= 11 is 0. The van der Waals surface area contributed by atoms with Gasteiger partial charge in [-0.05, 0) is 46.0 Å². The molecule has 0 amide bonds. The van der Waals surface area contributed by atoms with Crippen LogP contribution in [-0.2, 0) is 14.3 Å². The first-order chi connectivity index (χ1) is 11.3. The SMILES string of the molecule is CCCCCCCCCC(C)(C)OC(=O)CCCC(CC)C(=O)O. The van der Waals surface area contributed by atoms with Gasteiger partial charge in [-0.2, -0.15) is 0 Å². The Morgan fingerprint density at radius 1 is 0.958 bits per heavy atom. The van der Waals surface area contributed by atoms with E-state index in [0.717, 1.165) is 12.8 Å². The Morgan fingerprint density at radius 2 is 1.54 bits per heavy atom. The van der Waals surface area contributed by atoms with Crippen LogP contribution in [0.5, 0.6) is 0 Å². The van der Waals surface area contributed by atoms with Gasteiger partial charge in [-0.1, -0.05) is 52.4 Å². The van der Waals surface area contributed by atoms with Crippen LogP contribution in [0.4, 0.5) is 0 Å². The maximum atomic E-state index is 11.9. The minimum absolute atomic E-state index is 0.205. The van der Waals surface area contributed by atoms with Crippen molar-refractivity contribution in [2.24, 2.45) is 5.92 Å². The molecule has 4 heteroatoms. The van der Waals surface area contributed by atoms with Gasteiger partial charge in [0.05, 0.1) is 5.92 Å². The third-order valence-corrected chi connectivity index (χ3v) is 4.55. The Balaban J connectivity index is 3.83. The summed E-state index contributed by atoms with van der Waals surface area (Å²) in [6.07, 6.45) is 11.7. The molecular weight excluding hydrogens is 304 g/mol. The lowest BCUT2D eigenvalue weighted by Crippen LogP contribution is -2.28. The van der Waals surface area contributed by atoms with E-state index in [1.165, 1.54) is 38.5 Å². The van der Waals surface area contributed by atoms with Crippen molar-refractivity contribution in [3.8, 4) is 0 Å². The molecule has 0 heterocycles. The predicted octanol–water partition coefficient (Wildman–Crippen LogP) is 5.73. The summed E-state index contributed by atoms with van der Waals surface area (Å²) in [4.78, 5) is 22.9. The molecule has 24 heavy (non-hydrogen) atoms. The molecule has 1 unspecified atom stereocenters. The fraction of sp³-hybridized carbons (Fsp3) is 0.900. The van der Waals surface area contributed by atoms with Crippen LogP contribution in [0.1, 0.15) is 105 Å². The summed E-state index contributed by atoms with van der Waals surface area (Å²) in [7, 11) is 0. The second-order valence-electron chi connectivity index (χ2n) is 7.44. The van der Waals surface area contributed by atoms with Gasteiger partial charge in [0.1, 0.15) is 5.60 Å². The molecule has 0 aliphatic heterocycles. The first kappa shape index (κ1) is 22.9. The van der Waals surface area contributed by atoms with E-state index in [1.807, 2.05) is 20.8 Å². The maximum absolute atomic E-state index is 11.9. The number of esters is 1. The summed E-state index contributed by atoms with van der Waals surface area (Å²) in [6, 6.07) is 0. The van der Waals surface area contributed by atoms with Crippen LogP contribution in [0.3, 0.4) is 0 Å². The zero-order valence-corrected chi connectivity index (χ0v) is 16.2. The highest BCUT2D eigenvalue weighted by atomic mass is 16.6. The number of carboxylic acid groups (broad SMARTS) is 1. The first-order valence-electron chi connectivity index (χ1n) is 9.77. The van der Waals surface area contributed by atoms with Crippen molar-refractivity contribution in [3.05, 3.63) is 0 Å². The predicted molar refractivity (Wildman–Crippen MR) is 98.0 cm³/mol. The first-order valence-corrected chi connectivity index (χ1v) is 9.77. The van der Waals surface area contributed by atoms with Crippen LogP contribution in [0.2, 0.25) is 0 Å². The van der Waals surface area contributed by atoms with Crippen LogP contribution < -0.4 is 0 Å². The maximum Gasteiger partial charge on any atom is 0.306 e. The molecule has 0 aliphatic rings. The molecule has 0 aromatic heterocycles. The highest BCUT2D eigenvalue weighted by Crippen LogP contribution is 2.21. The van der Waals surface area contributed by atoms with Crippen molar-refractivity contribution in [2.45, 2.75) is 110 Å². The Bertz CT molecular complexity index is 350. The van der Waals surface area contributed by atoms with Gasteiger partial charge in [0.25, 0.3) is 0 Å². The molecule has 0 fully saturated rings. The summed E-state index contributed by atoms with van der Waals surface area (Å²) in [5.74, 6) is -1.33. The van der Waals surface area contributed by atoms with Crippen LogP contribution in [0.25, 0.3) is 0 Å². The zero-order chi connectivity index (χ0) is 18.4. The van der Waals surface area contributed by atoms with Crippen LogP contribution in [-0.4, -0.2) is 22.6 Å². The van der Waals surface area contributed by atoms with Gasteiger partial charge in [0.15, 0.2) is 0 Å². The lowest BCUT2D eigenvalue weighted by Gasteiger charge is -2.25. The molecule has 0 rings (SSSR count). The molecule has 0 aliphatic carbocycles. The van der Waals surface area contributed by atoms with Gasteiger partial charge >= 0.3 is 11.9 Å². The zero-order valence-electron chi connectivity index (χ0n) is 16.2. The standard InChI is InChI=1S/C20H38O4/c1-5-7-8-9-10-11-12-16-20(3,4)24-18(21)15-13-14-17(6-2)19(22)23/h17H,5-16H2,1-4H3,(H,22,23). The van der Waals surface area contributed by atoms with Crippen molar-refractivity contribution in [2.75, 3.05) is 0 Å². The van der Waals surface area contributed by atoms with E-state index >= 15 is 0 Å². The van der Waals surface area contributed by atoms with Gasteiger partial charge in [-0.25, -0.2) is 0 Å².